The summed E-state index contributed by atoms with van der Waals surface area (Å²) in [6, 6.07) is 19.3. The van der Waals surface area contributed by atoms with Crippen molar-refractivity contribution in [1.82, 2.24) is 20.4 Å². The molecule has 4 atom stereocenters. The van der Waals surface area contributed by atoms with E-state index in [2.05, 4.69) is 22.8 Å². The van der Waals surface area contributed by atoms with Gasteiger partial charge in [0.05, 0.1) is 6.04 Å². The van der Waals surface area contributed by atoms with E-state index in [1.165, 1.54) is 29.6 Å². The zero-order chi connectivity index (χ0) is 34.6. The fourth-order valence-corrected chi connectivity index (χ4v) is 6.39. The molecule has 0 fully saturated rings. The number of phenolic OH excluding ortho intramolecular Hbond substituents is 1. The number of fused-ring (bicyclic) bond motifs is 2. The molecule has 254 valence electrons. The number of hydrogen-bond donors (Lipinski definition) is 3. The molecule has 3 unspecified atom stereocenters. The van der Waals surface area contributed by atoms with E-state index < -0.39 is 41.6 Å². The maximum absolute atomic E-state index is 14.6. The minimum absolute atomic E-state index is 0.0759. The first-order valence-electron chi connectivity index (χ1n) is 16.6. The van der Waals surface area contributed by atoms with Gasteiger partial charge in [0.1, 0.15) is 29.5 Å². The molecule has 1 aliphatic carbocycles. The lowest BCUT2D eigenvalue weighted by molar-refractivity contribution is -0.145. The molecule has 0 radical (unpaired) electrons. The molecule has 5 rings (SSSR count). The zero-order valence-corrected chi connectivity index (χ0v) is 28.4. The number of amides is 4. The van der Waals surface area contributed by atoms with Gasteiger partial charge >= 0.3 is 6.09 Å². The number of carbonyl (C=O) groups excluding carboxylic acids is 4. The van der Waals surface area contributed by atoms with Crippen molar-refractivity contribution in [3.8, 4) is 5.75 Å². The third-order valence-electron chi connectivity index (χ3n) is 9.15. The van der Waals surface area contributed by atoms with E-state index in [9.17, 15) is 24.3 Å². The highest BCUT2D eigenvalue weighted by Crippen LogP contribution is 2.31. The monoisotopic (exact) mass is 654 g/mol. The molecule has 48 heavy (non-hydrogen) atoms. The van der Waals surface area contributed by atoms with Gasteiger partial charge in [-0.3, -0.25) is 19.3 Å². The smallest absolute Gasteiger partial charge is 0.410 e. The number of nitrogens with one attached hydrogen (secondary N) is 2. The lowest BCUT2D eigenvalue weighted by Crippen LogP contribution is -2.60. The molecule has 10 heteroatoms. The Hall–Kier alpha value is -4.86. The molecule has 4 amide bonds. The summed E-state index contributed by atoms with van der Waals surface area (Å²) in [4.78, 5) is 57.9. The Morgan fingerprint density at radius 3 is 2.29 bits per heavy atom. The number of benzene rings is 3. The second-order valence-electron chi connectivity index (χ2n) is 13.8. The first-order valence-corrected chi connectivity index (χ1v) is 16.6. The van der Waals surface area contributed by atoms with Crippen LogP contribution in [-0.4, -0.2) is 69.5 Å². The van der Waals surface area contributed by atoms with Gasteiger partial charge in [-0.25, -0.2) is 4.79 Å². The summed E-state index contributed by atoms with van der Waals surface area (Å²) in [5.41, 5.74) is 4.21. The van der Waals surface area contributed by atoms with Crippen molar-refractivity contribution in [3.05, 3.63) is 101 Å². The van der Waals surface area contributed by atoms with E-state index in [0.29, 0.717) is 12.0 Å². The average Bonchev–Trinajstić information content (AvgIpc) is 3.06. The summed E-state index contributed by atoms with van der Waals surface area (Å²) in [6.45, 7) is 6.99. The molecule has 1 aliphatic heterocycles. The minimum atomic E-state index is -1.06. The Morgan fingerprint density at radius 2 is 1.60 bits per heavy atom. The van der Waals surface area contributed by atoms with Gasteiger partial charge in [-0.1, -0.05) is 60.7 Å². The van der Waals surface area contributed by atoms with Gasteiger partial charge in [0.2, 0.25) is 17.7 Å². The van der Waals surface area contributed by atoms with Crippen LogP contribution in [0.15, 0.2) is 72.8 Å². The molecule has 3 aromatic rings. The molecular formula is C38H46N4O6. The third kappa shape index (κ3) is 8.16. The molecule has 0 bridgehead atoms. The third-order valence-corrected chi connectivity index (χ3v) is 9.15. The highest BCUT2D eigenvalue weighted by molar-refractivity contribution is 5.94. The summed E-state index contributed by atoms with van der Waals surface area (Å²) >= 11 is 0. The number of phenols is 1. The van der Waals surface area contributed by atoms with Crippen molar-refractivity contribution in [3.63, 3.8) is 0 Å². The quantitative estimate of drug-likeness (QED) is 0.320. The predicted molar refractivity (Wildman–Crippen MR) is 182 cm³/mol. The van der Waals surface area contributed by atoms with Gasteiger partial charge < -0.3 is 25.4 Å². The van der Waals surface area contributed by atoms with Crippen molar-refractivity contribution < 1.29 is 29.0 Å². The summed E-state index contributed by atoms with van der Waals surface area (Å²) < 4.78 is 5.45. The van der Waals surface area contributed by atoms with Crippen LogP contribution in [0.1, 0.15) is 74.4 Å². The van der Waals surface area contributed by atoms with Crippen LogP contribution in [0.3, 0.4) is 0 Å². The maximum atomic E-state index is 14.6. The first-order chi connectivity index (χ1) is 22.8. The molecule has 0 aromatic heterocycles. The number of hydrogen-bond acceptors (Lipinski definition) is 6. The summed E-state index contributed by atoms with van der Waals surface area (Å²) in [7, 11) is 1.47. The largest absolute Gasteiger partial charge is 0.508 e. The number of rotatable bonds is 8. The maximum Gasteiger partial charge on any atom is 0.410 e. The number of ether oxygens (including phenoxy) is 1. The number of carbonyl (C=O) groups is 4. The van der Waals surface area contributed by atoms with Crippen LogP contribution in [-0.2, 0) is 44.9 Å². The molecule has 0 spiro atoms. The van der Waals surface area contributed by atoms with E-state index in [4.69, 9.17) is 4.74 Å². The van der Waals surface area contributed by atoms with Crippen LogP contribution in [0.2, 0.25) is 0 Å². The van der Waals surface area contributed by atoms with Crippen molar-refractivity contribution >= 4 is 23.8 Å². The minimum Gasteiger partial charge on any atom is -0.508 e. The Balaban J connectivity index is 1.42. The van der Waals surface area contributed by atoms with Crippen LogP contribution in [0.4, 0.5) is 4.79 Å². The topological polar surface area (TPSA) is 128 Å². The van der Waals surface area contributed by atoms with Gasteiger partial charge in [0.25, 0.3) is 0 Å². The second-order valence-corrected chi connectivity index (χ2v) is 13.8. The summed E-state index contributed by atoms with van der Waals surface area (Å²) in [5, 5.41) is 16.0. The fraction of sp³-hybridized carbons (Fsp3) is 0.421. The van der Waals surface area contributed by atoms with Gasteiger partial charge in [0.15, 0.2) is 0 Å². The van der Waals surface area contributed by atoms with Crippen molar-refractivity contribution in [2.45, 2.75) is 96.1 Å². The molecule has 1 heterocycles. The molecule has 2 aliphatic rings. The lowest BCUT2D eigenvalue weighted by Gasteiger charge is -2.39. The number of likely N-dealkylation sites (N-methyl/N-ethyl adjacent to an activating group) is 1. The molecule has 3 aromatic carbocycles. The highest BCUT2D eigenvalue weighted by atomic mass is 16.6. The second kappa shape index (κ2) is 14.5. The Bertz CT molecular complexity index is 1650. The molecule has 3 N–H and O–H groups in total. The summed E-state index contributed by atoms with van der Waals surface area (Å²) in [5.74, 6) is -1.13. The molecule has 10 nitrogen and oxygen atoms in total. The predicted octanol–water partition coefficient (Wildman–Crippen LogP) is 4.82. The van der Waals surface area contributed by atoms with Gasteiger partial charge in [-0.15, -0.1) is 0 Å². The van der Waals surface area contributed by atoms with Gasteiger partial charge in [0, 0.05) is 26.4 Å². The van der Waals surface area contributed by atoms with Crippen molar-refractivity contribution in [2.24, 2.45) is 0 Å². The Kier molecular flexibility index (Phi) is 10.4. The fourth-order valence-electron chi connectivity index (χ4n) is 6.39. The number of aromatic hydroxyl groups is 1. The van der Waals surface area contributed by atoms with Crippen LogP contribution >= 0.6 is 0 Å². The van der Waals surface area contributed by atoms with Crippen LogP contribution in [0.5, 0.6) is 5.75 Å². The van der Waals surface area contributed by atoms with E-state index in [-0.39, 0.29) is 30.7 Å². The normalized spacial score (nSPS) is 18.4. The standard InChI is InChI=1S/C38H46N4O6/c1-24(41(5)37(47)48-38(2,3)4)34(44)40-32(21-25-17-19-29(43)20-18-25)36(46)42-23-28-13-7-6-12-27(28)22-33(42)35(45)39-31-16-10-14-26-11-8-9-15-30(26)31/h6-9,11-13,15,17-20,24,31-33,43H,10,14,16,21-23H2,1-5H3,(H,39,45)(H,40,44)/t24-,31?,32?,33?/m0/s1. The van der Waals surface area contributed by atoms with Crippen LogP contribution in [0, 0.1) is 0 Å². The van der Waals surface area contributed by atoms with Crippen LogP contribution in [0.25, 0.3) is 0 Å². The lowest BCUT2D eigenvalue weighted by atomic mass is 9.87. The van der Waals surface area contributed by atoms with Gasteiger partial charge in [-0.05, 0) is 86.9 Å². The molecular weight excluding hydrogens is 608 g/mol. The first kappa shape index (κ1) is 34.5. The number of aryl methyl sites for hydroxylation is 1. The number of nitrogens with zero attached hydrogens (tertiary/aromatic N) is 2. The SMILES string of the molecule is C[C@@H](C(=O)NC(Cc1ccc(O)cc1)C(=O)N1Cc2ccccc2CC1C(=O)NC1CCCc2ccccc21)N(C)C(=O)OC(C)(C)C. The van der Waals surface area contributed by atoms with E-state index in [1.807, 2.05) is 36.4 Å². The summed E-state index contributed by atoms with van der Waals surface area (Å²) in [6.07, 6.45) is 2.50. The Morgan fingerprint density at radius 1 is 0.958 bits per heavy atom. The van der Waals surface area contributed by atoms with Gasteiger partial charge in [-0.2, -0.15) is 0 Å². The average molecular weight is 655 g/mol. The highest BCUT2D eigenvalue weighted by Gasteiger charge is 2.40. The Labute approximate surface area is 282 Å². The molecule has 0 saturated heterocycles. The molecule has 0 saturated carbocycles. The van der Waals surface area contributed by atoms with Crippen molar-refractivity contribution in [1.29, 1.82) is 0 Å². The zero-order valence-electron chi connectivity index (χ0n) is 28.4. The van der Waals surface area contributed by atoms with Crippen molar-refractivity contribution in [2.75, 3.05) is 7.05 Å². The van der Waals surface area contributed by atoms with Crippen LogP contribution < -0.4 is 10.6 Å². The van der Waals surface area contributed by atoms with E-state index >= 15 is 0 Å². The van der Waals surface area contributed by atoms with E-state index in [1.54, 1.807) is 44.7 Å². The van der Waals surface area contributed by atoms with E-state index in [0.717, 1.165) is 36.0 Å².